The van der Waals surface area contributed by atoms with Gasteiger partial charge in [0, 0.05) is 16.1 Å². The molecule has 0 aliphatic carbocycles. The van der Waals surface area contributed by atoms with Crippen molar-refractivity contribution in [2.45, 2.75) is 54.1 Å². The van der Waals surface area contributed by atoms with E-state index in [0.29, 0.717) is 27.4 Å². The second-order valence-corrected chi connectivity index (χ2v) is 7.30. The van der Waals surface area contributed by atoms with E-state index in [1.807, 2.05) is 13.8 Å². The first-order valence-corrected chi connectivity index (χ1v) is 9.03. The largest absolute Gasteiger partial charge is 0.450 e. The van der Waals surface area contributed by atoms with Gasteiger partial charge >= 0.3 is 5.97 Å². The minimum Gasteiger partial charge on any atom is -0.450 e. The van der Waals surface area contributed by atoms with Crippen LogP contribution in [0.3, 0.4) is 0 Å². The summed E-state index contributed by atoms with van der Waals surface area (Å²) in [4.78, 5) is 41.2. The van der Waals surface area contributed by atoms with Crippen LogP contribution in [0.25, 0.3) is 0 Å². The fourth-order valence-corrected chi connectivity index (χ4v) is 3.97. The second kappa shape index (κ2) is 7.35. The molecule has 0 saturated heterocycles. The minimum absolute atomic E-state index is 0.101. The van der Waals surface area contributed by atoms with Gasteiger partial charge in [0.05, 0.1) is 5.69 Å². The van der Waals surface area contributed by atoms with Gasteiger partial charge in [-0.25, -0.2) is 4.79 Å². The number of hydrogen-bond acceptors (Lipinski definition) is 5. The number of ketones is 2. The summed E-state index contributed by atoms with van der Waals surface area (Å²) in [6, 6.07) is 1.79. The van der Waals surface area contributed by atoms with Gasteiger partial charge in [-0.15, -0.1) is 11.3 Å². The van der Waals surface area contributed by atoms with Crippen molar-refractivity contribution in [2.24, 2.45) is 0 Å². The molecule has 2 rings (SSSR count). The number of esters is 1. The van der Waals surface area contributed by atoms with E-state index in [0.717, 1.165) is 16.9 Å². The van der Waals surface area contributed by atoms with Crippen LogP contribution < -0.4 is 0 Å². The SMILES string of the molecule is CCc1sc(C(=O)O[C@H](C)C(=O)c2[nH]c(C)c(C(C)=O)c2C)cc1C. The lowest BCUT2D eigenvalue weighted by atomic mass is 10.0. The number of thiophene rings is 1. The van der Waals surface area contributed by atoms with Crippen molar-refractivity contribution < 1.29 is 19.1 Å². The third-order valence-corrected chi connectivity index (χ3v) is 5.59. The van der Waals surface area contributed by atoms with Gasteiger partial charge in [0.1, 0.15) is 4.88 Å². The minimum atomic E-state index is -0.934. The van der Waals surface area contributed by atoms with E-state index in [4.69, 9.17) is 4.74 Å². The highest BCUT2D eigenvalue weighted by atomic mass is 32.1. The molecule has 5 nitrogen and oxygen atoms in total. The summed E-state index contributed by atoms with van der Waals surface area (Å²) in [6.45, 7) is 10.5. The van der Waals surface area contributed by atoms with Crippen LogP contribution in [0.5, 0.6) is 0 Å². The summed E-state index contributed by atoms with van der Waals surface area (Å²) in [5, 5.41) is 0. The Labute approximate surface area is 151 Å². The molecule has 0 saturated carbocycles. The molecule has 1 N–H and O–H groups in total. The van der Waals surface area contributed by atoms with Crippen molar-refractivity contribution >= 4 is 28.9 Å². The normalized spacial score (nSPS) is 12.1. The maximum atomic E-state index is 12.6. The van der Waals surface area contributed by atoms with Gasteiger partial charge in [-0.1, -0.05) is 6.92 Å². The zero-order chi connectivity index (χ0) is 18.9. The first-order chi connectivity index (χ1) is 11.7. The Hall–Kier alpha value is -2.21. The summed E-state index contributed by atoms with van der Waals surface area (Å²) in [5.74, 6) is -0.942. The Balaban J connectivity index is 2.19. The van der Waals surface area contributed by atoms with E-state index >= 15 is 0 Å². The summed E-state index contributed by atoms with van der Waals surface area (Å²) < 4.78 is 5.35. The molecule has 0 aliphatic rings. The molecule has 0 aromatic carbocycles. The van der Waals surface area contributed by atoms with Crippen LogP contribution >= 0.6 is 11.3 Å². The van der Waals surface area contributed by atoms with Gasteiger partial charge in [0.15, 0.2) is 11.9 Å². The van der Waals surface area contributed by atoms with Gasteiger partial charge in [-0.05, 0) is 58.2 Å². The Morgan fingerprint density at radius 1 is 1.24 bits per heavy atom. The van der Waals surface area contributed by atoms with E-state index in [1.54, 1.807) is 26.8 Å². The first-order valence-electron chi connectivity index (χ1n) is 8.21. The lowest BCUT2D eigenvalue weighted by Crippen LogP contribution is -2.25. The van der Waals surface area contributed by atoms with Crippen LogP contribution in [0.2, 0.25) is 0 Å². The average molecular weight is 361 g/mol. The van der Waals surface area contributed by atoms with Crippen LogP contribution in [0.4, 0.5) is 0 Å². The van der Waals surface area contributed by atoms with E-state index in [1.165, 1.54) is 18.3 Å². The van der Waals surface area contributed by atoms with Gasteiger partial charge < -0.3 is 9.72 Å². The topological polar surface area (TPSA) is 76.2 Å². The van der Waals surface area contributed by atoms with Crippen molar-refractivity contribution in [1.82, 2.24) is 4.98 Å². The monoisotopic (exact) mass is 361 g/mol. The molecule has 0 amide bonds. The van der Waals surface area contributed by atoms with Crippen LogP contribution in [0.1, 0.15) is 73.0 Å². The zero-order valence-electron chi connectivity index (χ0n) is 15.4. The molecule has 0 aliphatic heterocycles. The molecule has 2 aromatic heterocycles. The number of nitrogens with one attached hydrogen (secondary N) is 1. The zero-order valence-corrected chi connectivity index (χ0v) is 16.2. The fraction of sp³-hybridized carbons (Fsp3) is 0.421. The van der Waals surface area contributed by atoms with Crippen molar-refractivity contribution in [2.75, 3.05) is 0 Å². The summed E-state index contributed by atoms with van der Waals surface area (Å²) in [7, 11) is 0. The molecule has 6 heteroatoms. The third kappa shape index (κ3) is 3.74. The Morgan fingerprint density at radius 2 is 1.88 bits per heavy atom. The molecular formula is C19H23NO4S. The molecule has 0 unspecified atom stereocenters. The molecule has 25 heavy (non-hydrogen) atoms. The quantitative estimate of drug-likeness (QED) is 0.618. The van der Waals surface area contributed by atoms with E-state index in [2.05, 4.69) is 4.98 Å². The Kier molecular flexibility index (Phi) is 5.62. The number of aromatic amines is 1. The van der Waals surface area contributed by atoms with Crippen molar-refractivity contribution in [3.05, 3.63) is 43.9 Å². The Morgan fingerprint density at radius 3 is 2.36 bits per heavy atom. The maximum absolute atomic E-state index is 12.6. The highest BCUT2D eigenvalue weighted by Crippen LogP contribution is 2.24. The predicted molar refractivity (Wildman–Crippen MR) is 97.9 cm³/mol. The van der Waals surface area contributed by atoms with Crippen molar-refractivity contribution in [3.8, 4) is 0 Å². The maximum Gasteiger partial charge on any atom is 0.349 e. The molecule has 2 heterocycles. The molecular weight excluding hydrogens is 338 g/mol. The number of carbonyl (C=O) groups excluding carboxylic acids is 3. The number of rotatable bonds is 6. The van der Waals surface area contributed by atoms with E-state index in [9.17, 15) is 14.4 Å². The van der Waals surface area contributed by atoms with Gasteiger partial charge in [0.2, 0.25) is 5.78 Å². The molecule has 134 valence electrons. The molecule has 1 atom stereocenters. The van der Waals surface area contributed by atoms with Gasteiger partial charge in [-0.2, -0.15) is 0 Å². The van der Waals surface area contributed by atoms with Crippen LogP contribution in [0.15, 0.2) is 6.07 Å². The average Bonchev–Trinajstić information content (AvgIpc) is 3.05. The van der Waals surface area contributed by atoms with E-state index in [-0.39, 0.29) is 11.6 Å². The fourth-order valence-electron chi connectivity index (χ4n) is 2.97. The number of H-pyrrole nitrogens is 1. The number of aryl methyl sites for hydroxylation is 3. The summed E-state index contributed by atoms with van der Waals surface area (Å²) in [5.41, 5.74) is 3.13. The van der Waals surface area contributed by atoms with Crippen LogP contribution in [0, 0.1) is 20.8 Å². The predicted octanol–water partition coefficient (Wildman–Crippen LogP) is 4.19. The number of Topliss-reactive ketones (excluding diaryl/α,β-unsaturated/α-hetero) is 2. The molecule has 0 radical (unpaired) electrons. The number of hydrogen-bond donors (Lipinski definition) is 1. The molecule has 0 bridgehead atoms. The molecule has 2 aromatic rings. The highest BCUT2D eigenvalue weighted by Gasteiger charge is 2.26. The van der Waals surface area contributed by atoms with E-state index < -0.39 is 12.1 Å². The van der Waals surface area contributed by atoms with Crippen molar-refractivity contribution in [3.63, 3.8) is 0 Å². The number of aromatic nitrogens is 1. The van der Waals surface area contributed by atoms with Gasteiger partial charge in [-0.3, -0.25) is 9.59 Å². The van der Waals surface area contributed by atoms with Crippen LogP contribution in [-0.2, 0) is 11.2 Å². The highest BCUT2D eigenvalue weighted by molar-refractivity contribution is 7.14. The number of carbonyl (C=O) groups is 3. The third-order valence-electron chi connectivity index (χ3n) is 4.23. The second-order valence-electron chi connectivity index (χ2n) is 6.16. The first kappa shape index (κ1) is 19.1. The Bertz CT molecular complexity index is 844. The molecule has 0 spiro atoms. The smallest absolute Gasteiger partial charge is 0.349 e. The van der Waals surface area contributed by atoms with Crippen LogP contribution in [-0.4, -0.2) is 28.6 Å². The summed E-state index contributed by atoms with van der Waals surface area (Å²) >= 11 is 1.39. The lowest BCUT2D eigenvalue weighted by molar-refractivity contribution is 0.0321. The summed E-state index contributed by atoms with van der Waals surface area (Å²) in [6.07, 6.45) is -0.0796. The standard InChI is InChI=1S/C19H23NO4S/c1-7-14-9(2)8-15(25-14)19(23)24-13(6)18(22)17-10(3)16(12(5)21)11(4)20-17/h8,13,20H,7H2,1-6H3/t13-/m1/s1. The van der Waals surface area contributed by atoms with Crippen molar-refractivity contribution in [1.29, 1.82) is 0 Å². The molecule has 0 fully saturated rings. The van der Waals surface area contributed by atoms with Gasteiger partial charge in [0.25, 0.3) is 0 Å². The lowest BCUT2D eigenvalue weighted by Gasteiger charge is -2.11. The number of ether oxygens (including phenoxy) is 1.